The minimum absolute atomic E-state index is 0.00102. The molecule has 0 radical (unpaired) electrons. The van der Waals surface area contributed by atoms with Crippen LogP contribution in [0.25, 0.3) is 5.57 Å². The molecule has 0 atom stereocenters. The molecule has 16 heavy (non-hydrogen) atoms. The lowest BCUT2D eigenvalue weighted by molar-refractivity contribution is -0.137. The van der Waals surface area contributed by atoms with Gasteiger partial charge in [0, 0.05) is 5.57 Å². The summed E-state index contributed by atoms with van der Waals surface area (Å²) in [5.41, 5.74) is -0.649. The number of carbonyl (C=O) groups excluding carboxylic acids is 1. The average molecular weight is 226 g/mol. The monoisotopic (exact) mass is 226 g/mol. The molecule has 0 heterocycles. The lowest BCUT2D eigenvalue weighted by Crippen LogP contribution is -2.06. The van der Waals surface area contributed by atoms with Crippen LogP contribution in [0.1, 0.15) is 11.1 Å². The molecule has 1 rings (SSSR count). The van der Waals surface area contributed by atoms with E-state index in [1.807, 2.05) is 0 Å². The Kier molecular flexibility index (Phi) is 3.32. The Hall–Kier alpha value is -1.84. The standard InChI is InChI=1S/C12H9F3O/c1-3-11(16)8(2)9-5-4-6-10(7-9)12(13,14)15/h3-7H,1-2H2. The molecule has 0 aromatic heterocycles. The summed E-state index contributed by atoms with van der Waals surface area (Å²) < 4.78 is 37.1. The van der Waals surface area contributed by atoms with Gasteiger partial charge in [0.1, 0.15) is 0 Å². The summed E-state index contributed by atoms with van der Waals surface area (Å²) in [5.74, 6) is -0.487. The molecule has 84 valence electrons. The van der Waals surface area contributed by atoms with Crippen molar-refractivity contribution in [2.24, 2.45) is 0 Å². The van der Waals surface area contributed by atoms with Crippen molar-refractivity contribution in [3.05, 3.63) is 54.6 Å². The molecule has 0 fully saturated rings. The van der Waals surface area contributed by atoms with Crippen LogP contribution in [0, 0.1) is 0 Å². The smallest absolute Gasteiger partial charge is 0.289 e. The molecule has 0 spiro atoms. The lowest BCUT2D eigenvalue weighted by Gasteiger charge is -2.08. The predicted octanol–water partition coefficient (Wildman–Crippen LogP) is 3.47. The van der Waals surface area contributed by atoms with Gasteiger partial charge in [0.15, 0.2) is 5.78 Å². The molecule has 4 heteroatoms. The van der Waals surface area contributed by atoms with Crippen LogP contribution in [0.3, 0.4) is 0 Å². The first kappa shape index (κ1) is 12.2. The van der Waals surface area contributed by atoms with E-state index in [1.165, 1.54) is 12.1 Å². The molecule has 0 amide bonds. The van der Waals surface area contributed by atoms with Gasteiger partial charge in [0.05, 0.1) is 5.56 Å². The van der Waals surface area contributed by atoms with Gasteiger partial charge in [-0.1, -0.05) is 25.3 Å². The van der Waals surface area contributed by atoms with Crippen LogP contribution in [0.4, 0.5) is 13.2 Å². The third-order valence-electron chi connectivity index (χ3n) is 2.02. The highest BCUT2D eigenvalue weighted by atomic mass is 19.4. The first-order valence-electron chi connectivity index (χ1n) is 4.39. The van der Waals surface area contributed by atoms with E-state index < -0.39 is 17.5 Å². The van der Waals surface area contributed by atoms with E-state index in [0.29, 0.717) is 0 Å². The second-order valence-electron chi connectivity index (χ2n) is 3.13. The molecule has 1 aromatic carbocycles. The molecule has 0 aliphatic carbocycles. The van der Waals surface area contributed by atoms with Gasteiger partial charge in [0.25, 0.3) is 0 Å². The van der Waals surface area contributed by atoms with Crippen molar-refractivity contribution in [3.8, 4) is 0 Å². The van der Waals surface area contributed by atoms with Crippen LogP contribution in [0.2, 0.25) is 0 Å². The third-order valence-corrected chi connectivity index (χ3v) is 2.02. The first-order chi connectivity index (χ1) is 7.36. The Morgan fingerprint density at radius 1 is 1.31 bits per heavy atom. The molecule has 0 bridgehead atoms. The zero-order valence-electron chi connectivity index (χ0n) is 8.34. The summed E-state index contributed by atoms with van der Waals surface area (Å²) >= 11 is 0. The number of hydrogen-bond donors (Lipinski definition) is 0. The maximum atomic E-state index is 12.4. The van der Waals surface area contributed by atoms with Gasteiger partial charge in [-0.3, -0.25) is 4.79 Å². The van der Waals surface area contributed by atoms with Crippen LogP contribution in [0.15, 0.2) is 43.5 Å². The Labute approximate surface area is 90.9 Å². The van der Waals surface area contributed by atoms with Gasteiger partial charge in [0.2, 0.25) is 0 Å². The minimum atomic E-state index is -4.42. The van der Waals surface area contributed by atoms with Crippen LogP contribution in [0.5, 0.6) is 0 Å². The third kappa shape index (κ3) is 2.59. The number of alkyl halides is 3. The van der Waals surface area contributed by atoms with Gasteiger partial charge in [-0.2, -0.15) is 13.2 Å². The van der Waals surface area contributed by atoms with Crippen molar-refractivity contribution in [1.29, 1.82) is 0 Å². The fourth-order valence-corrected chi connectivity index (χ4v) is 1.15. The topological polar surface area (TPSA) is 17.1 Å². The van der Waals surface area contributed by atoms with E-state index in [9.17, 15) is 18.0 Å². The number of carbonyl (C=O) groups is 1. The number of hydrogen-bond acceptors (Lipinski definition) is 1. The fourth-order valence-electron chi connectivity index (χ4n) is 1.15. The number of ketones is 1. The van der Waals surface area contributed by atoms with Gasteiger partial charge < -0.3 is 0 Å². The summed E-state index contributed by atoms with van der Waals surface area (Å²) in [7, 11) is 0. The van der Waals surface area contributed by atoms with Crippen molar-refractivity contribution in [1.82, 2.24) is 0 Å². The Morgan fingerprint density at radius 3 is 2.44 bits per heavy atom. The number of allylic oxidation sites excluding steroid dienone is 2. The zero-order chi connectivity index (χ0) is 12.3. The Bertz CT molecular complexity index is 444. The first-order valence-corrected chi connectivity index (χ1v) is 4.39. The van der Waals surface area contributed by atoms with Gasteiger partial charge >= 0.3 is 6.18 Å². The van der Waals surface area contributed by atoms with Crippen LogP contribution < -0.4 is 0 Å². The minimum Gasteiger partial charge on any atom is -0.289 e. The van der Waals surface area contributed by atoms with E-state index in [0.717, 1.165) is 18.2 Å². The summed E-state index contributed by atoms with van der Waals surface area (Å²) in [6.07, 6.45) is -3.41. The van der Waals surface area contributed by atoms with E-state index in [2.05, 4.69) is 13.2 Å². The normalized spacial score (nSPS) is 10.9. The molecular formula is C12H9F3O. The van der Waals surface area contributed by atoms with Crippen molar-refractivity contribution in [3.63, 3.8) is 0 Å². The molecule has 1 aromatic rings. The quantitative estimate of drug-likeness (QED) is 0.721. The van der Waals surface area contributed by atoms with E-state index >= 15 is 0 Å². The van der Waals surface area contributed by atoms with Gasteiger partial charge in [-0.25, -0.2) is 0 Å². The largest absolute Gasteiger partial charge is 0.416 e. The fraction of sp³-hybridized carbons (Fsp3) is 0.0833. The van der Waals surface area contributed by atoms with Crippen LogP contribution in [-0.4, -0.2) is 5.78 Å². The lowest BCUT2D eigenvalue weighted by atomic mass is 10.0. The number of halogens is 3. The second-order valence-corrected chi connectivity index (χ2v) is 3.13. The highest BCUT2D eigenvalue weighted by Crippen LogP contribution is 2.30. The molecular weight excluding hydrogens is 217 g/mol. The maximum absolute atomic E-state index is 12.4. The summed E-state index contributed by atoms with van der Waals surface area (Å²) in [5, 5.41) is 0. The van der Waals surface area contributed by atoms with Crippen LogP contribution >= 0.6 is 0 Å². The highest BCUT2D eigenvalue weighted by molar-refractivity contribution is 6.25. The molecule has 0 aliphatic rings. The predicted molar refractivity (Wildman–Crippen MR) is 55.7 cm³/mol. The SMILES string of the molecule is C=CC(=O)C(=C)c1cccc(C(F)(F)F)c1. The molecule has 0 saturated heterocycles. The summed E-state index contributed by atoms with van der Waals surface area (Å²) in [4.78, 5) is 11.2. The summed E-state index contributed by atoms with van der Waals surface area (Å²) in [6.45, 7) is 6.68. The van der Waals surface area contributed by atoms with Crippen molar-refractivity contribution in [2.75, 3.05) is 0 Å². The summed E-state index contributed by atoms with van der Waals surface area (Å²) in [6, 6.07) is 4.47. The molecule has 1 nitrogen and oxygen atoms in total. The molecule has 0 N–H and O–H groups in total. The van der Waals surface area contributed by atoms with E-state index in [1.54, 1.807) is 0 Å². The van der Waals surface area contributed by atoms with Crippen LogP contribution in [-0.2, 0) is 11.0 Å². The highest BCUT2D eigenvalue weighted by Gasteiger charge is 2.30. The van der Waals surface area contributed by atoms with Crippen molar-refractivity contribution in [2.45, 2.75) is 6.18 Å². The van der Waals surface area contributed by atoms with E-state index in [-0.39, 0.29) is 11.1 Å². The van der Waals surface area contributed by atoms with Crippen molar-refractivity contribution >= 4 is 11.4 Å². The molecule has 0 unspecified atom stereocenters. The Morgan fingerprint density at radius 2 is 1.94 bits per heavy atom. The van der Waals surface area contributed by atoms with Gasteiger partial charge in [-0.15, -0.1) is 0 Å². The average Bonchev–Trinajstić information content (AvgIpc) is 2.26. The number of benzene rings is 1. The van der Waals surface area contributed by atoms with Crippen molar-refractivity contribution < 1.29 is 18.0 Å². The molecule has 0 aliphatic heterocycles. The zero-order valence-corrected chi connectivity index (χ0v) is 8.34. The maximum Gasteiger partial charge on any atom is 0.416 e. The van der Waals surface area contributed by atoms with Gasteiger partial charge in [-0.05, 0) is 23.8 Å². The Balaban J connectivity index is 3.13. The second kappa shape index (κ2) is 4.35. The molecule has 0 saturated carbocycles. The number of rotatable bonds is 3. The van der Waals surface area contributed by atoms with E-state index in [4.69, 9.17) is 0 Å².